The third kappa shape index (κ3) is 6.16. The maximum Gasteiger partial charge on any atom is 0.310 e. The second-order valence-corrected chi connectivity index (χ2v) is 8.85. The molecule has 0 radical (unpaired) electrons. The van der Waals surface area contributed by atoms with Crippen LogP contribution in [0.3, 0.4) is 0 Å². The molecule has 0 bridgehead atoms. The fourth-order valence-electron chi connectivity index (χ4n) is 4.14. The number of esters is 2. The zero-order valence-corrected chi connectivity index (χ0v) is 17.1. The van der Waals surface area contributed by atoms with Crippen LogP contribution in [0, 0.1) is 29.6 Å². The van der Waals surface area contributed by atoms with Crippen LogP contribution in [0.15, 0.2) is 0 Å². The first kappa shape index (κ1) is 22.6. The van der Waals surface area contributed by atoms with E-state index in [9.17, 15) is 29.4 Å². The van der Waals surface area contributed by atoms with Crippen molar-refractivity contribution in [1.29, 1.82) is 0 Å². The molecule has 2 rings (SSSR count). The minimum Gasteiger partial charge on any atom is -0.481 e. The smallest absolute Gasteiger partial charge is 0.310 e. The van der Waals surface area contributed by atoms with E-state index in [0.717, 1.165) is 19.3 Å². The molecule has 0 amide bonds. The molecule has 8 nitrogen and oxygen atoms in total. The van der Waals surface area contributed by atoms with E-state index in [2.05, 4.69) is 0 Å². The molecule has 2 aliphatic rings. The van der Waals surface area contributed by atoms with E-state index in [1.807, 2.05) is 6.92 Å². The summed E-state index contributed by atoms with van der Waals surface area (Å²) in [6.07, 6.45) is 4.54. The molecule has 0 aromatic carbocycles. The largest absolute Gasteiger partial charge is 0.481 e. The van der Waals surface area contributed by atoms with E-state index in [-0.39, 0.29) is 27.2 Å². The molecule has 2 N–H and O–H groups in total. The Kier molecular flexibility index (Phi) is 8.67. The van der Waals surface area contributed by atoms with Crippen LogP contribution in [-0.2, 0) is 28.7 Å². The summed E-state index contributed by atoms with van der Waals surface area (Å²) in [6, 6.07) is 0. The molecule has 0 aromatic rings. The highest BCUT2D eigenvalue weighted by atomic mass is 31.1. The molecule has 2 saturated carbocycles. The van der Waals surface area contributed by atoms with Crippen LogP contribution in [0.2, 0.25) is 0 Å². The summed E-state index contributed by atoms with van der Waals surface area (Å²) >= 11 is 0. The third-order valence-corrected chi connectivity index (χ3v) is 6.45. The van der Waals surface area contributed by atoms with Gasteiger partial charge in [0.1, 0.15) is 12.7 Å². The lowest BCUT2D eigenvalue weighted by Gasteiger charge is -2.30. The number of carboxylic acid groups (broad SMARTS) is 2. The topological polar surface area (TPSA) is 127 Å². The number of rotatable bonds is 8. The van der Waals surface area contributed by atoms with Crippen LogP contribution in [0.1, 0.15) is 51.9 Å². The van der Waals surface area contributed by atoms with Gasteiger partial charge in [-0.3, -0.25) is 19.2 Å². The zero-order chi connectivity index (χ0) is 20.7. The maximum atomic E-state index is 12.2. The number of carbonyl (C=O) groups excluding carboxylic acids is 2. The normalized spacial score (nSPS) is 30.7. The lowest BCUT2D eigenvalue weighted by Crippen LogP contribution is -2.36. The third-order valence-electron chi connectivity index (χ3n) is 5.75. The van der Waals surface area contributed by atoms with Gasteiger partial charge in [-0.05, 0) is 46.6 Å². The Morgan fingerprint density at radius 1 is 0.786 bits per heavy atom. The van der Waals surface area contributed by atoms with Crippen molar-refractivity contribution in [2.45, 2.75) is 51.9 Å². The van der Waals surface area contributed by atoms with Crippen LogP contribution < -0.4 is 0 Å². The lowest BCUT2D eigenvalue weighted by molar-refractivity contribution is -0.159. The Balaban J connectivity index is 1.70. The predicted molar refractivity (Wildman–Crippen MR) is 101 cm³/mol. The summed E-state index contributed by atoms with van der Waals surface area (Å²) in [5.41, 5.74) is 0. The minimum atomic E-state index is -0.967. The van der Waals surface area contributed by atoms with Gasteiger partial charge in [0.15, 0.2) is 0 Å². The van der Waals surface area contributed by atoms with Crippen molar-refractivity contribution >= 4 is 32.5 Å². The predicted octanol–water partition coefficient (Wildman–Crippen LogP) is 2.69. The fourth-order valence-corrected chi connectivity index (χ4v) is 4.72. The van der Waals surface area contributed by atoms with Gasteiger partial charge < -0.3 is 19.7 Å². The highest BCUT2D eigenvalue weighted by Crippen LogP contribution is 2.35. The number of aliphatic carboxylic acids is 2. The van der Waals surface area contributed by atoms with E-state index in [1.54, 1.807) is 0 Å². The molecule has 2 fully saturated rings. The number of carbonyl (C=O) groups is 4. The maximum absolute atomic E-state index is 12.2. The average molecular weight is 416 g/mol. The molecular weight excluding hydrogens is 387 g/mol. The second kappa shape index (κ2) is 10.7. The number of hydrogen-bond acceptors (Lipinski definition) is 6. The van der Waals surface area contributed by atoms with Crippen LogP contribution in [0.25, 0.3) is 0 Å². The van der Waals surface area contributed by atoms with Gasteiger partial charge in [0.05, 0.1) is 23.7 Å². The molecule has 9 heteroatoms. The molecule has 0 saturated heterocycles. The first-order valence-electron chi connectivity index (χ1n) is 9.80. The zero-order valence-electron chi connectivity index (χ0n) is 16.1. The van der Waals surface area contributed by atoms with Crippen LogP contribution in [-0.4, -0.2) is 46.8 Å². The second-order valence-electron chi connectivity index (χ2n) is 7.77. The molecule has 0 heterocycles. The van der Waals surface area contributed by atoms with Crippen molar-refractivity contribution < 1.29 is 38.9 Å². The van der Waals surface area contributed by atoms with Crippen molar-refractivity contribution in [3.8, 4) is 0 Å². The van der Waals surface area contributed by atoms with E-state index in [4.69, 9.17) is 9.47 Å². The molecule has 0 aliphatic heterocycles. The van der Waals surface area contributed by atoms with Gasteiger partial charge in [0.2, 0.25) is 0 Å². The molecule has 0 spiro atoms. The highest BCUT2D eigenvalue weighted by molar-refractivity contribution is 7.37. The number of hydrogen-bond donors (Lipinski definition) is 2. The van der Waals surface area contributed by atoms with Gasteiger partial charge in [0.25, 0.3) is 0 Å². The molecule has 6 unspecified atom stereocenters. The first-order valence-corrected chi connectivity index (χ1v) is 11.2. The summed E-state index contributed by atoms with van der Waals surface area (Å²) in [5.74, 6) is -5.30. The Labute approximate surface area is 166 Å². The average Bonchev–Trinajstić information content (AvgIpc) is 2.67. The lowest BCUT2D eigenvalue weighted by atomic mass is 9.74. The van der Waals surface area contributed by atoms with Crippen LogP contribution in [0.4, 0.5) is 0 Å². The molecular formula is C19H29O8P. The van der Waals surface area contributed by atoms with E-state index in [1.165, 1.54) is 0 Å². The SMILES string of the molecule is CC1CCC(C(=O)OCPCOC(=O)C2CCCCC2C(=O)O)C(C(=O)O)C1. The standard InChI is InChI=1S/C19H29O8P/c1-11-6-7-14(15(8-11)17(22)23)19(25)27-10-28-9-26-18(24)13-5-3-2-4-12(13)16(20)21/h11-15,28H,2-10H2,1H3,(H,20,21)(H,22,23). The van der Waals surface area contributed by atoms with Crippen molar-refractivity contribution in [2.75, 3.05) is 12.7 Å². The fraction of sp³-hybridized carbons (Fsp3) is 0.789. The molecule has 0 aromatic heterocycles. The number of ether oxygens (including phenoxy) is 2. The molecule has 28 heavy (non-hydrogen) atoms. The Bertz CT molecular complexity index is 592. The summed E-state index contributed by atoms with van der Waals surface area (Å²) in [7, 11) is 0.0337. The summed E-state index contributed by atoms with van der Waals surface area (Å²) in [4.78, 5) is 47.0. The van der Waals surface area contributed by atoms with Crippen molar-refractivity contribution in [3.63, 3.8) is 0 Å². The van der Waals surface area contributed by atoms with Crippen molar-refractivity contribution in [1.82, 2.24) is 0 Å². The number of carboxylic acids is 2. The van der Waals surface area contributed by atoms with Gasteiger partial charge in [0, 0.05) is 0 Å². The van der Waals surface area contributed by atoms with Gasteiger partial charge >= 0.3 is 23.9 Å². The minimum absolute atomic E-state index is 0.0337. The summed E-state index contributed by atoms with van der Waals surface area (Å²) in [5, 5.41) is 18.5. The van der Waals surface area contributed by atoms with Crippen LogP contribution >= 0.6 is 8.58 Å². The van der Waals surface area contributed by atoms with Crippen molar-refractivity contribution in [2.24, 2.45) is 29.6 Å². The van der Waals surface area contributed by atoms with Crippen LogP contribution in [0.5, 0.6) is 0 Å². The van der Waals surface area contributed by atoms with Crippen molar-refractivity contribution in [3.05, 3.63) is 0 Å². The van der Waals surface area contributed by atoms with E-state index >= 15 is 0 Å². The van der Waals surface area contributed by atoms with E-state index in [0.29, 0.717) is 25.7 Å². The molecule has 158 valence electrons. The Morgan fingerprint density at radius 2 is 1.29 bits per heavy atom. The molecule has 6 atom stereocenters. The first-order chi connectivity index (χ1) is 13.3. The van der Waals surface area contributed by atoms with Gasteiger partial charge in [-0.15, -0.1) is 0 Å². The summed E-state index contributed by atoms with van der Waals surface area (Å²) in [6.45, 7) is 1.98. The molecule has 2 aliphatic carbocycles. The summed E-state index contributed by atoms with van der Waals surface area (Å²) < 4.78 is 10.4. The quantitative estimate of drug-likeness (QED) is 0.351. The van der Waals surface area contributed by atoms with Gasteiger partial charge in [-0.2, -0.15) is 0 Å². The highest BCUT2D eigenvalue weighted by Gasteiger charge is 2.39. The van der Waals surface area contributed by atoms with Gasteiger partial charge in [-0.25, -0.2) is 0 Å². The Hall–Kier alpha value is -1.69. The Morgan fingerprint density at radius 3 is 1.82 bits per heavy atom. The van der Waals surface area contributed by atoms with Gasteiger partial charge in [-0.1, -0.05) is 19.8 Å². The monoisotopic (exact) mass is 416 g/mol. The van der Waals surface area contributed by atoms with E-state index < -0.39 is 47.5 Å².